The number of urea groups is 1. The maximum absolute atomic E-state index is 13.4. The average molecular weight is 345 g/mol. The number of rotatable bonds is 4. The van der Waals surface area contributed by atoms with Gasteiger partial charge >= 0.3 is 12.2 Å². The number of carbonyl (C=O) groups is 3. The van der Waals surface area contributed by atoms with Crippen LogP contribution in [0.3, 0.4) is 0 Å². The SMILES string of the molecule is C=CCN1C(=O)NC(NC(=O)c2ccc(F)cc2)(C(F)(F)F)C1=O. The fourth-order valence-corrected chi connectivity index (χ4v) is 2.06. The summed E-state index contributed by atoms with van der Waals surface area (Å²) >= 11 is 0. The molecule has 1 fully saturated rings. The van der Waals surface area contributed by atoms with Crippen LogP contribution >= 0.6 is 0 Å². The molecule has 128 valence electrons. The van der Waals surface area contributed by atoms with Crippen molar-refractivity contribution in [2.24, 2.45) is 0 Å². The molecule has 1 aromatic carbocycles. The van der Waals surface area contributed by atoms with E-state index in [1.165, 1.54) is 10.6 Å². The lowest BCUT2D eigenvalue weighted by Crippen LogP contribution is -2.69. The summed E-state index contributed by atoms with van der Waals surface area (Å²) in [6.07, 6.45) is -4.24. The van der Waals surface area contributed by atoms with Crippen molar-refractivity contribution in [2.75, 3.05) is 6.54 Å². The summed E-state index contributed by atoms with van der Waals surface area (Å²) in [5.74, 6) is -3.68. The summed E-state index contributed by atoms with van der Waals surface area (Å²) in [6.45, 7) is 2.78. The highest BCUT2D eigenvalue weighted by Crippen LogP contribution is 2.34. The molecule has 0 radical (unpaired) electrons. The highest BCUT2D eigenvalue weighted by Gasteiger charge is 2.68. The third kappa shape index (κ3) is 2.82. The number of halogens is 4. The zero-order valence-corrected chi connectivity index (χ0v) is 12.0. The van der Waals surface area contributed by atoms with E-state index in [0.717, 1.165) is 30.3 Å². The van der Waals surface area contributed by atoms with Crippen LogP contribution in [0.25, 0.3) is 0 Å². The summed E-state index contributed by atoms with van der Waals surface area (Å²) in [6, 6.07) is 2.30. The van der Waals surface area contributed by atoms with Crippen LogP contribution in [0.1, 0.15) is 10.4 Å². The van der Waals surface area contributed by atoms with Crippen molar-refractivity contribution in [3.8, 4) is 0 Å². The molecule has 1 heterocycles. The van der Waals surface area contributed by atoms with Crippen molar-refractivity contribution in [3.05, 3.63) is 48.3 Å². The first kappa shape index (κ1) is 17.4. The molecule has 24 heavy (non-hydrogen) atoms. The van der Waals surface area contributed by atoms with Crippen molar-refractivity contribution < 1.29 is 31.9 Å². The van der Waals surface area contributed by atoms with Gasteiger partial charge in [0, 0.05) is 12.1 Å². The van der Waals surface area contributed by atoms with Crippen molar-refractivity contribution in [1.29, 1.82) is 0 Å². The van der Waals surface area contributed by atoms with Gasteiger partial charge in [-0.3, -0.25) is 19.8 Å². The van der Waals surface area contributed by atoms with Crippen molar-refractivity contribution in [1.82, 2.24) is 15.5 Å². The Bertz CT molecular complexity index is 702. The van der Waals surface area contributed by atoms with Gasteiger partial charge < -0.3 is 5.32 Å². The van der Waals surface area contributed by atoms with Crippen LogP contribution in [-0.2, 0) is 4.79 Å². The molecular weight excluding hydrogens is 334 g/mol. The molecule has 6 nitrogen and oxygen atoms in total. The second kappa shape index (κ2) is 5.95. The summed E-state index contributed by atoms with van der Waals surface area (Å²) < 4.78 is 53.1. The normalized spacial score (nSPS) is 20.8. The molecule has 1 saturated heterocycles. The Kier molecular flexibility index (Phi) is 4.32. The molecule has 0 saturated carbocycles. The zero-order chi connectivity index (χ0) is 18.1. The first-order valence-corrected chi connectivity index (χ1v) is 6.52. The lowest BCUT2D eigenvalue weighted by atomic mass is 10.1. The van der Waals surface area contributed by atoms with Gasteiger partial charge in [-0.15, -0.1) is 6.58 Å². The quantitative estimate of drug-likeness (QED) is 0.494. The second-order valence-corrected chi connectivity index (χ2v) is 4.84. The van der Waals surface area contributed by atoms with Crippen LogP contribution in [0.4, 0.5) is 22.4 Å². The molecule has 1 aliphatic rings. The van der Waals surface area contributed by atoms with Gasteiger partial charge in [-0.05, 0) is 24.3 Å². The molecule has 10 heteroatoms. The molecule has 4 amide bonds. The topological polar surface area (TPSA) is 78.5 Å². The highest BCUT2D eigenvalue weighted by molar-refractivity contribution is 6.10. The Hall–Kier alpha value is -2.91. The number of hydrogen-bond donors (Lipinski definition) is 2. The smallest absolute Gasteiger partial charge is 0.314 e. The van der Waals surface area contributed by atoms with E-state index >= 15 is 0 Å². The molecule has 1 aliphatic heterocycles. The van der Waals surface area contributed by atoms with Gasteiger partial charge in [-0.25, -0.2) is 9.18 Å². The first-order valence-electron chi connectivity index (χ1n) is 6.52. The number of hydrogen-bond acceptors (Lipinski definition) is 3. The van der Waals surface area contributed by atoms with Crippen LogP contribution in [-0.4, -0.2) is 41.1 Å². The van der Waals surface area contributed by atoms with Crippen LogP contribution in [0.5, 0.6) is 0 Å². The molecule has 1 aromatic rings. The van der Waals surface area contributed by atoms with E-state index in [2.05, 4.69) is 6.58 Å². The van der Waals surface area contributed by atoms with Gasteiger partial charge in [-0.1, -0.05) is 6.08 Å². The van der Waals surface area contributed by atoms with Crippen LogP contribution in [0, 0.1) is 5.82 Å². The number of nitrogens with one attached hydrogen (secondary N) is 2. The van der Waals surface area contributed by atoms with E-state index in [1.807, 2.05) is 0 Å². The van der Waals surface area contributed by atoms with E-state index in [1.54, 1.807) is 0 Å². The van der Waals surface area contributed by atoms with Gasteiger partial charge in [0.25, 0.3) is 17.5 Å². The van der Waals surface area contributed by atoms with Gasteiger partial charge in [0.15, 0.2) is 0 Å². The van der Waals surface area contributed by atoms with E-state index in [9.17, 15) is 31.9 Å². The lowest BCUT2D eigenvalue weighted by Gasteiger charge is -2.29. The number of imide groups is 1. The number of carbonyl (C=O) groups excluding carboxylic acids is 3. The lowest BCUT2D eigenvalue weighted by molar-refractivity contribution is -0.200. The second-order valence-electron chi connectivity index (χ2n) is 4.84. The largest absolute Gasteiger partial charge is 0.440 e. The minimum atomic E-state index is -5.30. The minimum Gasteiger partial charge on any atom is -0.314 e. The number of benzene rings is 1. The van der Waals surface area contributed by atoms with Gasteiger partial charge in [-0.2, -0.15) is 13.2 Å². The van der Waals surface area contributed by atoms with E-state index in [0.29, 0.717) is 0 Å². The monoisotopic (exact) mass is 345 g/mol. The van der Waals surface area contributed by atoms with Crippen molar-refractivity contribution in [3.63, 3.8) is 0 Å². The maximum Gasteiger partial charge on any atom is 0.440 e. The molecule has 0 bridgehead atoms. The van der Waals surface area contributed by atoms with Crippen molar-refractivity contribution >= 4 is 17.8 Å². The van der Waals surface area contributed by atoms with E-state index < -0.39 is 42.0 Å². The molecule has 0 spiro atoms. The standard InChI is InChI=1S/C14H11F4N3O3/c1-2-7-21-11(23)13(14(16,17)18,20-12(21)24)19-10(22)8-3-5-9(15)6-4-8/h2-6H,1,7H2,(H,19,22)(H,20,24). The maximum atomic E-state index is 13.4. The molecule has 1 unspecified atom stereocenters. The molecule has 0 aromatic heterocycles. The Morgan fingerprint density at radius 1 is 1.29 bits per heavy atom. The fraction of sp³-hybridized carbons (Fsp3) is 0.214. The molecule has 0 aliphatic carbocycles. The fourth-order valence-electron chi connectivity index (χ4n) is 2.06. The Labute approximate surface area is 133 Å². The highest BCUT2D eigenvalue weighted by atomic mass is 19.4. The molecule has 2 rings (SSSR count). The Morgan fingerprint density at radius 3 is 2.38 bits per heavy atom. The van der Waals surface area contributed by atoms with Crippen LogP contribution in [0.15, 0.2) is 36.9 Å². The molecule has 2 N–H and O–H groups in total. The number of nitrogens with zero attached hydrogens (tertiary/aromatic N) is 1. The summed E-state index contributed by atoms with van der Waals surface area (Å²) in [7, 11) is 0. The van der Waals surface area contributed by atoms with Crippen LogP contribution < -0.4 is 10.6 Å². The number of amides is 4. The minimum absolute atomic E-state index is 0.269. The van der Waals surface area contributed by atoms with Crippen molar-refractivity contribution in [2.45, 2.75) is 11.8 Å². The third-order valence-electron chi connectivity index (χ3n) is 3.25. The summed E-state index contributed by atoms with van der Waals surface area (Å²) in [5.41, 5.74) is -3.91. The average Bonchev–Trinajstić information content (AvgIpc) is 2.73. The predicted octanol–water partition coefficient (Wildman–Crippen LogP) is 1.55. The predicted molar refractivity (Wildman–Crippen MR) is 73.1 cm³/mol. The molecular formula is C14H11F4N3O3. The zero-order valence-electron chi connectivity index (χ0n) is 12.0. The summed E-state index contributed by atoms with van der Waals surface area (Å²) in [4.78, 5) is 36.0. The van der Waals surface area contributed by atoms with Gasteiger partial charge in [0.1, 0.15) is 5.82 Å². The van der Waals surface area contributed by atoms with Gasteiger partial charge in [0.05, 0.1) is 0 Å². The van der Waals surface area contributed by atoms with Gasteiger partial charge in [0.2, 0.25) is 0 Å². The summed E-state index contributed by atoms with van der Waals surface area (Å²) in [5, 5.41) is 2.96. The number of alkyl halides is 3. The third-order valence-corrected chi connectivity index (χ3v) is 3.25. The first-order chi connectivity index (χ1) is 11.1. The molecule has 1 atom stereocenters. The Morgan fingerprint density at radius 2 is 1.88 bits per heavy atom. The van der Waals surface area contributed by atoms with E-state index in [-0.39, 0.29) is 10.5 Å². The van der Waals surface area contributed by atoms with Crippen LogP contribution in [0.2, 0.25) is 0 Å². The Balaban J connectivity index is 2.38. The van der Waals surface area contributed by atoms with E-state index in [4.69, 9.17) is 0 Å².